The van der Waals surface area contributed by atoms with Crippen LogP contribution in [0.1, 0.15) is 22.8 Å². The van der Waals surface area contributed by atoms with Gasteiger partial charge in [-0.1, -0.05) is 12.1 Å². The second-order valence-electron chi connectivity index (χ2n) is 6.07. The van der Waals surface area contributed by atoms with Gasteiger partial charge in [-0.15, -0.1) is 0 Å². The zero-order chi connectivity index (χ0) is 18.7. The first-order chi connectivity index (χ1) is 12.5. The van der Waals surface area contributed by atoms with Crippen LogP contribution in [0.5, 0.6) is 11.5 Å². The van der Waals surface area contributed by atoms with E-state index >= 15 is 0 Å². The molecule has 2 unspecified atom stereocenters. The summed E-state index contributed by atoms with van der Waals surface area (Å²) in [6.45, 7) is 1.95. The Kier molecular flexibility index (Phi) is 5.09. The quantitative estimate of drug-likeness (QED) is 0.735. The molecular weight excluding hydrogens is 336 g/mol. The molecule has 0 saturated carbocycles. The van der Waals surface area contributed by atoms with Crippen molar-refractivity contribution >= 4 is 17.6 Å². The number of ether oxygens (including phenoxy) is 2. The van der Waals surface area contributed by atoms with E-state index < -0.39 is 12.3 Å². The molecule has 2 aromatic carbocycles. The molecule has 0 radical (unpaired) electrons. The lowest BCUT2D eigenvalue weighted by molar-refractivity contribution is -0.136. The predicted octanol–water partition coefficient (Wildman–Crippen LogP) is 2.27. The van der Waals surface area contributed by atoms with Crippen molar-refractivity contribution in [3.63, 3.8) is 0 Å². The molecule has 136 valence electrons. The van der Waals surface area contributed by atoms with Crippen LogP contribution >= 0.6 is 0 Å². The van der Waals surface area contributed by atoms with Gasteiger partial charge in [-0.05, 0) is 43.8 Å². The summed E-state index contributed by atoms with van der Waals surface area (Å²) in [4.78, 5) is 23.2. The number of fused-ring (bicyclic) bond motifs is 1. The standard InChI is InChI=1S/C19H20N2O5/c1-11(20-2)19-25-15-7-6-14(10-16(15)26-19)21-18(24)13-5-3-4-12(8-13)9-17(22)23/h3-8,10-11,19-20H,9H2,1-2H3,(H,21,24)(H,22,23). The van der Waals surface area contributed by atoms with E-state index in [9.17, 15) is 9.59 Å². The Labute approximate surface area is 150 Å². The highest BCUT2D eigenvalue weighted by Crippen LogP contribution is 2.37. The topological polar surface area (TPSA) is 96.9 Å². The van der Waals surface area contributed by atoms with Crippen molar-refractivity contribution in [1.29, 1.82) is 0 Å². The molecule has 0 aliphatic carbocycles. The van der Waals surface area contributed by atoms with Gasteiger partial charge in [0.15, 0.2) is 11.5 Å². The lowest BCUT2D eigenvalue weighted by Gasteiger charge is -2.16. The normalized spacial score (nSPS) is 16.2. The van der Waals surface area contributed by atoms with Gasteiger partial charge in [0.25, 0.3) is 12.2 Å². The number of benzene rings is 2. The van der Waals surface area contributed by atoms with Gasteiger partial charge in [0, 0.05) is 17.3 Å². The molecule has 0 aromatic heterocycles. The van der Waals surface area contributed by atoms with Crippen molar-refractivity contribution in [2.75, 3.05) is 12.4 Å². The van der Waals surface area contributed by atoms with Gasteiger partial charge in [0.05, 0.1) is 12.5 Å². The number of carbonyl (C=O) groups excluding carboxylic acids is 1. The van der Waals surface area contributed by atoms with Crippen molar-refractivity contribution < 1.29 is 24.2 Å². The number of carboxylic acid groups (broad SMARTS) is 1. The first kappa shape index (κ1) is 17.8. The number of carboxylic acids is 1. The minimum atomic E-state index is -0.941. The zero-order valence-electron chi connectivity index (χ0n) is 14.5. The Hall–Kier alpha value is -3.06. The molecule has 1 heterocycles. The van der Waals surface area contributed by atoms with Crippen LogP contribution in [0.3, 0.4) is 0 Å². The minimum absolute atomic E-state index is 0.0115. The molecule has 0 spiro atoms. The second-order valence-corrected chi connectivity index (χ2v) is 6.07. The highest BCUT2D eigenvalue weighted by molar-refractivity contribution is 6.04. The molecule has 1 amide bonds. The predicted molar refractivity (Wildman–Crippen MR) is 95.7 cm³/mol. The maximum Gasteiger partial charge on any atom is 0.307 e. The van der Waals surface area contributed by atoms with Crippen LogP contribution in [0, 0.1) is 0 Å². The smallest absolute Gasteiger partial charge is 0.307 e. The van der Waals surface area contributed by atoms with Gasteiger partial charge in [0.2, 0.25) is 0 Å². The SMILES string of the molecule is CNC(C)C1Oc2ccc(NC(=O)c3cccc(CC(=O)O)c3)cc2O1. The van der Waals surface area contributed by atoms with Crippen LogP contribution in [0.25, 0.3) is 0 Å². The van der Waals surface area contributed by atoms with Crippen molar-refractivity contribution in [1.82, 2.24) is 5.32 Å². The van der Waals surface area contributed by atoms with Gasteiger partial charge < -0.3 is 25.2 Å². The van der Waals surface area contributed by atoms with E-state index in [0.717, 1.165) is 0 Å². The molecule has 0 fully saturated rings. The number of hydrogen-bond donors (Lipinski definition) is 3. The average molecular weight is 356 g/mol. The minimum Gasteiger partial charge on any atom is -0.481 e. The monoisotopic (exact) mass is 356 g/mol. The lowest BCUT2D eigenvalue weighted by Crippen LogP contribution is -2.40. The Morgan fingerprint density at radius 1 is 1.15 bits per heavy atom. The van der Waals surface area contributed by atoms with Crippen LogP contribution in [0.15, 0.2) is 42.5 Å². The van der Waals surface area contributed by atoms with Crippen molar-refractivity contribution in [2.45, 2.75) is 25.7 Å². The maximum absolute atomic E-state index is 12.4. The van der Waals surface area contributed by atoms with Crippen molar-refractivity contribution in [2.24, 2.45) is 0 Å². The molecule has 7 nitrogen and oxygen atoms in total. The third kappa shape index (κ3) is 3.94. The summed E-state index contributed by atoms with van der Waals surface area (Å²) in [6, 6.07) is 11.7. The molecule has 2 atom stereocenters. The number of carbonyl (C=O) groups is 2. The fourth-order valence-corrected chi connectivity index (χ4v) is 2.59. The number of hydrogen-bond acceptors (Lipinski definition) is 5. The van der Waals surface area contributed by atoms with Gasteiger partial charge in [-0.3, -0.25) is 9.59 Å². The molecule has 26 heavy (non-hydrogen) atoms. The molecule has 1 aliphatic rings. The zero-order valence-corrected chi connectivity index (χ0v) is 14.5. The molecular formula is C19H20N2O5. The number of amides is 1. The van der Waals surface area contributed by atoms with Gasteiger partial charge in [0.1, 0.15) is 0 Å². The Morgan fingerprint density at radius 3 is 2.65 bits per heavy atom. The third-order valence-corrected chi connectivity index (χ3v) is 4.10. The molecule has 7 heteroatoms. The molecule has 3 N–H and O–H groups in total. The van der Waals surface area contributed by atoms with Crippen LogP contribution < -0.4 is 20.1 Å². The highest BCUT2D eigenvalue weighted by atomic mass is 16.7. The average Bonchev–Trinajstić information content (AvgIpc) is 3.04. The number of aliphatic carboxylic acids is 1. The summed E-state index contributed by atoms with van der Waals surface area (Å²) in [5, 5.41) is 14.7. The molecule has 2 aromatic rings. The van der Waals surface area contributed by atoms with Crippen LogP contribution in [0.4, 0.5) is 5.69 Å². The van der Waals surface area contributed by atoms with Gasteiger partial charge in [-0.25, -0.2) is 0 Å². The first-order valence-corrected chi connectivity index (χ1v) is 8.23. The molecule has 1 aliphatic heterocycles. The summed E-state index contributed by atoms with van der Waals surface area (Å²) >= 11 is 0. The van der Waals surface area contributed by atoms with Crippen LogP contribution in [-0.2, 0) is 11.2 Å². The summed E-state index contributed by atoms with van der Waals surface area (Å²) in [5.74, 6) is -0.0759. The molecule has 0 saturated heterocycles. The summed E-state index contributed by atoms with van der Waals surface area (Å²) in [6.07, 6.45) is -0.551. The number of rotatable bonds is 6. The van der Waals surface area contributed by atoms with Crippen molar-refractivity contribution in [3.8, 4) is 11.5 Å². The fourth-order valence-electron chi connectivity index (χ4n) is 2.59. The highest BCUT2D eigenvalue weighted by Gasteiger charge is 2.28. The van der Waals surface area contributed by atoms with E-state index in [-0.39, 0.29) is 18.4 Å². The third-order valence-electron chi connectivity index (χ3n) is 4.10. The fraction of sp³-hybridized carbons (Fsp3) is 0.263. The van der Waals surface area contributed by atoms with Crippen molar-refractivity contribution in [3.05, 3.63) is 53.6 Å². The van der Waals surface area contributed by atoms with Gasteiger partial charge >= 0.3 is 5.97 Å². The number of nitrogens with one attached hydrogen (secondary N) is 2. The number of anilines is 1. The summed E-state index contributed by atoms with van der Waals surface area (Å²) in [5.41, 5.74) is 1.53. The first-order valence-electron chi connectivity index (χ1n) is 8.23. The van der Waals surface area contributed by atoms with E-state index in [1.54, 1.807) is 42.5 Å². The van der Waals surface area contributed by atoms with Crippen LogP contribution in [0.2, 0.25) is 0 Å². The van der Waals surface area contributed by atoms with E-state index in [0.29, 0.717) is 28.3 Å². The molecule has 3 rings (SSSR count). The van der Waals surface area contributed by atoms with E-state index in [2.05, 4.69) is 10.6 Å². The van der Waals surface area contributed by atoms with E-state index in [1.807, 2.05) is 14.0 Å². The van der Waals surface area contributed by atoms with Gasteiger partial charge in [-0.2, -0.15) is 0 Å². The van der Waals surface area contributed by atoms with E-state index in [4.69, 9.17) is 14.6 Å². The largest absolute Gasteiger partial charge is 0.481 e. The number of likely N-dealkylation sites (N-methyl/N-ethyl adjacent to an activating group) is 1. The summed E-state index contributed by atoms with van der Waals surface area (Å²) in [7, 11) is 1.82. The van der Waals surface area contributed by atoms with E-state index in [1.165, 1.54) is 0 Å². The maximum atomic E-state index is 12.4. The molecule has 0 bridgehead atoms. The second kappa shape index (κ2) is 7.45. The lowest BCUT2D eigenvalue weighted by atomic mass is 10.1. The Morgan fingerprint density at radius 2 is 1.92 bits per heavy atom. The Bertz CT molecular complexity index is 836. The Balaban J connectivity index is 1.71. The van der Waals surface area contributed by atoms with Crippen LogP contribution in [-0.4, -0.2) is 36.4 Å². The summed E-state index contributed by atoms with van der Waals surface area (Å²) < 4.78 is 11.5.